The van der Waals surface area contributed by atoms with Crippen molar-refractivity contribution in [3.05, 3.63) is 137 Å². The Bertz CT molecular complexity index is 2500. The number of ether oxygens (including phenoxy) is 3. The summed E-state index contributed by atoms with van der Waals surface area (Å²) in [5.74, 6) is -3.00. The lowest BCUT2D eigenvalue weighted by Crippen LogP contribution is -2.65. The third-order valence-corrected chi connectivity index (χ3v) is 16.1. The van der Waals surface area contributed by atoms with Crippen molar-refractivity contribution >= 4 is 22.1 Å². The van der Waals surface area contributed by atoms with Crippen molar-refractivity contribution in [2.45, 2.75) is 119 Å². The number of alkyl halides is 2. The van der Waals surface area contributed by atoms with Crippen LogP contribution in [-0.2, 0) is 45.8 Å². The van der Waals surface area contributed by atoms with Crippen LogP contribution in [0.2, 0.25) is 0 Å². The zero-order chi connectivity index (χ0) is 48.8. The number of likely N-dealkylation sites (tertiary alicyclic amines) is 1. The molecular weight excluding hydrogens is 891 g/mol. The molecule has 5 fully saturated rings. The van der Waals surface area contributed by atoms with Gasteiger partial charge < -0.3 is 29.1 Å². The number of esters is 2. The maximum Gasteiger partial charge on any atom is 0.465 e. The highest BCUT2D eigenvalue weighted by molar-refractivity contribution is 7.87. The largest absolute Gasteiger partial charge is 0.465 e. The number of nitrogens with zero attached hydrogens (tertiary/aromatic N) is 2. The number of hydrogen-bond donors (Lipinski definition) is 2. The van der Waals surface area contributed by atoms with Gasteiger partial charge >= 0.3 is 27.3 Å². The lowest BCUT2D eigenvalue weighted by molar-refractivity contribution is -0.261. The molecule has 1 saturated heterocycles. The van der Waals surface area contributed by atoms with Crippen LogP contribution >= 0.6 is 0 Å². The van der Waals surface area contributed by atoms with Gasteiger partial charge in [0, 0.05) is 18.5 Å². The first-order valence-corrected chi connectivity index (χ1v) is 25.4. The molecule has 0 spiro atoms. The molecule has 4 atom stereocenters. The van der Waals surface area contributed by atoms with Crippen molar-refractivity contribution in [3.63, 3.8) is 0 Å². The number of aliphatic hydroxyl groups is 1. The molecule has 14 heteroatoms. The zero-order valence-corrected chi connectivity index (χ0v) is 40.7. The van der Waals surface area contributed by atoms with Crippen LogP contribution in [0.1, 0.15) is 113 Å². The average Bonchev–Trinajstić information content (AvgIpc) is 3.29. The third kappa shape index (κ3) is 10.2. The maximum atomic E-state index is 15.1. The van der Waals surface area contributed by atoms with Crippen molar-refractivity contribution in [2.24, 2.45) is 17.3 Å². The van der Waals surface area contributed by atoms with Crippen molar-refractivity contribution in [2.75, 3.05) is 40.3 Å². The first-order valence-electron chi connectivity index (χ1n) is 23.9. The quantitative estimate of drug-likeness (QED) is 0.0560. The highest BCUT2D eigenvalue weighted by atomic mass is 32.2. The molecule has 2 N–H and O–H groups in total. The van der Waals surface area contributed by atoms with Gasteiger partial charge in [-0.3, -0.25) is 9.35 Å². The van der Waals surface area contributed by atoms with Crippen molar-refractivity contribution < 1.29 is 50.7 Å². The number of benzene rings is 4. The fourth-order valence-corrected chi connectivity index (χ4v) is 12.8. The molecule has 4 aromatic carbocycles. The van der Waals surface area contributed by atoms with Crippen LogP contribution in [0.5, 0.6) is 5.75 Å². The Labute approximate surface area is 399 Å². The first kappa shape index (κ1) is 49.8. The molecular formula is C54H66F2N2O9S. The summed E-state index contributed by atoms with van der Waals surface area (Å²) in [5, 5.41) is 8.07. The highest BCUT2D eigenvalue weighted by Gasteiger charge is 2.67. The second-order valence-corrected chi connectivity index (χ2v) is 22.8. The first-order chi connectivity index (χ1) is 32.1. The van der Waals surface area contributed by atoms with Gasteiger partial charge in [0.05, 0.1) is 12.5 Å². The molecule has 5 aliphatic rings. The van der Waals surface area contributed by atoms with Gasteiger partial charge in [0.25, 0.3) is 0 Å². The van der Waals surface area contributed by atoms with E-state index in [1.165, 1.54) is 6.42 Å². The summed E-state index contributed by atoms with van der Waals surface area (Å²) >= 11 is 0. The molecule has 1 heterocycles. The van der Waals surface area contributed by atoms with Crippen LogP contribution in [0.3, 0.4) is 0 Å². The standard InChI is InChI=1S/C54H66F2N2O9S/c1-49(2,37-57(4)5)40-19-21-44(22-20-40)53(61,43-17-11-7-12-18-43)36-51-31-38-33-52(35-51,67-48(60)54(55,56)68(62,63)64)34-39(32-51)47(38)66-50(3,41-15-9-6-10-16-41)42-23-25-45(26-24-42)65-46(59)27-30-58-28-13-8-14-29-58/h6-7,9-12,15-26,38-39,47,61H,8,13-14,27-37H2,1-5H3,(H,62,63,64). The third-order valence-electron chi connectivity index (χ3n) is 15.3. The van der Waals surface area contributed by atoms with Gasteiger partial charge in [0.1, 0.15) is 22.6 Å². The van der Waals surface area contributed by atoms with Crippen LogP contribution < -0.4 is 4.74 Å². The molecule has 0 amide bonds. The van der Waals surface area contributed by atoms with E-state index in [0.717, 1.165) is 49.2 Å². The lowest BCUT2D eigenvalue weighted by Gasteiger charge is -2.65. The summed E-state index contributed by atoms with van der Waals surface area (Å²) in [6, 6.07) is 34.3. The van der Waals surface area contributed by atoms with Crippen LogP contribution in [0, 0.1) is 17.3 Å². The Hall–Kier alpha value is -4.57. The summed E-state index contributed by atoms with van der Waals surface area (Å²) in [7, 11) is -2.09. The van der Waals surface area contributed by atoms with Gasteiger partial charge in [-0.05, 0) is 143 Å². The van der Waals surface area contributed by atoms with Crippen LogP contribution in [-0.4, -0.2) is 97.0 Å². The number of likely N-dealkylation sites (N-methyl/N-ethyl adjacent to an activating group) is 1. The smallest absolute Gasteiger partial charge is 0.454 e. The van der Waals surface area contributed by atoms with Gasteiger partial charge in [0.15, 0.2) is 0 Å². The second kappa shape index (κ2) is 19.0. The summed E-state index contributed by atoms with van der Waals surface area (Å²) < 4.78 is 82.2. The molecule has 4 aliphatic carbocycles. The normalized spacial score (nSPS) is 25.9. The molecule has 4 saturated carbocycles. The van der Waals surface area contributed by atoms with E-state index in [1.54, 1.807) is 12.1 Å². The fourth-order valence-electron chi connectivity index (χ4n) is 12.6. The van der Waals surface area contributed by atoms with E-state index in [-0.39, 0.29) is 55.3 Å². The van der Waals surface area contributed by atoms with Crippen molar-refractivity contribution in [1.82, 2.24) is 9.80 Å². The van der Waals surface area contributed by atoms with Crippen LogP contribution in [0.15, 0.2) is 109 Å². The van der Waals surface area contributed by atoms with Gasteiger partial charge in [0.2, 0.25) is 0 Å². The minimum atomic E-state index is -6.14. The lowest BCUT2D eigenvalue weighted by atomic mass is 9.44. The van der Waals surface area contributed by atoms with E-state index >= 15 is 8.78 Å². The van der Waals surface area contributed by atoms with Crippen LogP contribution in [0.25, 0.3) is 0 Å². The van der Waals surface area contributed by atoms with Crippen LogP contribution in [0.4, 0.5) is 8.78 Å². The number of carbonyl (C=O) groups is 2. The van der Waals surface area contributed by atoms with E-state index in [2.05, 4.69) is 23.6 Å². The highest BCUT2D eigenvalue weighted by Crippen LogP contribution is 2.67. The molecule has 0 radical (unpaired) electrons. The van der Waals surface area contributed by atoms with Gasteiger partial charge in [-0.1, -0.05) is 117 Å². The monoisotopic (exact) mass is 956 g/mol. The van der Waals surface area contributed by atoms with Gasteiger partial charge in [-0.2, -0.15) is 17.2 Å². The van der Waals surface area contributed by atoms with E-state index in [1.807, 2.05) is 118 Å². The fraction of sp³-hybridized carbons (Fsp3) is 0.519. The Morgan fingerprint density at radius 2 is 1.26 bits per heavy atom. The SMILES string of the molecule is CN(C)CC(C)(C)c1ccc(C(O)(CC23CC4CC(OC(=O)C(F)(F)S(=O)(=O)O)(CC(C2)C4OC(C)(c2ccccc2)c2ccc(OC(=O)CCN4CCCCC4)cc2)C3)c2ccccc2)cc1. The second-order valence-electron chi connectivity index (χ2n) is 21.3. The summed E-state index contributed by atoms with van der Waals surface area (Å²) in [5.41, 5.74) is -1.18. The summed E-state index contributed by atoms with van der Waals surface area (Å²) in [6.45, 7) is 9.73. The minimum Gasteiger partial charge on any atom is -0.454 e. The number of piperidine rings is 1. The van der Waals surface area contributed by atoms with E-state index in [9.17, 15) is 27.7 Å². The van der Waals surface area contributed by atoms with E-state index in [0.29, 0.717) is 36.3 Å². The molecule has 9 rings (SSSR count). The number of carbonyl (C=O) groups excluding carboxylic acids is 2. The molecule has 4 unspecified atom stereocenters. The molecule has 366 valence electrons. The number of hydrogen-bond acceptors (Lipinski definition) is 10. The Morgan fingerprint density at radius 1 is 0.750 bits per heavy atom. The molecule has 68 heavy (non-hydrogen) atoms. The number of rotatable bonds is 18. The average molecular weight is 957 g/mol. The molecule has 1 aliphatic heterocycles. The van der Waals surface area contributed by atoms with E-state index in [4.69, 9.17) is 14.2 Å². The molecule has 4 aromatic rings. The van der Waals surface area contributed by atoms with E-state index < -0.39 is 49.7 Å². The topological polar surface area (TPSA) is 143 Å². The predicted molar refractivity (Wildman–Crippen MR) is 255 cm³/mol. The predicted octanol–water partition coefficient (Wildman–Crippen LogP) is 9.25. The van der Waals surface area contributed by atoms with Gasteiger partial charge in [-0.25, -0.2) is 4.79 Å². The Morgan fingerprint density at radius 3 is 1.82 bits per heavy atom. The molecule has 0 aromatic heterocycles. The zero-order valence-electron chi connectivity index (χ0n) is 39.8. The number of halogens is 2. The van der Waals surface area contributed by atoms with Gasteiger partial charge in [-0.15, -0.1) is 0 Å². The molecule has 4 bridgehead atoms. The summed E-state index contributed by atoms with van der Waals surface area (Å²) in [6.07, 6.45) is 4.68. The van der Waals surface area contributed by atoms with Crippen molar-refractivity contribution in [3.8, 4) is 5.75 Å². The van der Waals surface area contributed by atoms with Crippen molar-refractivity contribution in [1.29, 1.82) is 0 Å². The minimum absolute atomic E-state index is 0.0876. The maximum absolute atomic E-state index is 15.1. The molecule has 11 nitrogen and oxygen atoms in total. The Balaban J connectivity index is 1.12. The Kier molecular flexibility index (Phi) is 13.9. The summed E-state index contributed by atoms with van der Waals surface area (Å²) in [4.78, 5) is 30.6.